The van der Waals surface area contributed by atoms with Crippen molar-refractivity contribution in [1.29, 1.82) is 0 Å². The van der Waals surface area contributed by atoms with Gasteiger partial charge in [-0.2, -0.15) is 13.2 Å². The Bertz CT molecular complexity index is 329. The van der Waals surface area contributed by atoms with Gasteiger partial charge in [0, 0.05) is 5.56 Å². The molecule has 1 aromatic carbocycles. The number of Topliss-reactive ketones (excluding diaryl/α,β-unsaturated/α-hetero) is 1. The molecule has 0 unspecified atom stereocenters. The van der Waals surface area contributed by atoms with Crippen LogP contribution in [0.1, 0.15) is 15.9 Å². The summed E-state index contributed by atoms with van der Waals surface area (Å²) in [7, 11) is 1.67. The third-order valence-corrected chi connectivity index (χ3v) is 1.86. The van der Waals surface area contributed by atoms with E-state index in [1.807, 2.05) is 0 Å². The largest absolute Gasteiger partial charge is 0.416 e. The van der Waals surface area contributed by atoms with Gasteiger partial charge in [0.15, 0.2) is 5.78 Å². The van der Waals surface area contributed by atoms with Gasteiger partial charge in [-0.1, -0.05) is 12.1 Å². The Morgan fingerprint density at radius 2 is 1.71 bits per heavy atom. The summed E-state index contributed by atoms with van der Waals surface area (Å²) < 4.78 is 36.4. The van der Waals surface area contributed by atoms with E-state index < -0.39 is 11.7 Å². The zero-order valence-corrected chi connectivity index (χ0v) is 7.56. The Hall–Kier alpha value is -1.26. The maximum Gasteiger partial charge on any atom is 0.416 e. The van der Waals surface area contributed by atoms with Crippen LogP contribution in [0.25, 0.3) is 0 Å². The second kappa shape index (κ2) is 3.86. The minimum absolute atomic E-state index is 0.154. The fourth-order valence-corrected chi connectivity index (χ4v) is 1.05. The van der Waals surface area contributed by atoms with Crippen molar-refractivity contribution >= 4 is 13.6 Å². The molecule has 74 valence electrons. The highest BCUT2D eigenvalue weighted by Gasteiger charge is 2.30. The second-order valence-corrected chi connectivity index (χ2v) is 2.85. The van der Waals surface area contributed by atoms with E-state index in [1.165, 1.54) is 12.1 Å². The van der Waals surface area contributed by atoms with Gasteiger partial charge in [0.05, 0.1) is 5.56 Å². The summed E-state index contributed by atoms with van der Waals surface area (Å²) in [4.78, 5) is 11.1. The number of halogens is 3. The molecule has 0 N–H and O–H groups in total. The number of hydrogen-bond acceptors (Lipinski definition) is 1. The number of carbonyl (C=O) groups is 1. The summed E-state index contributed by atoms with van der Waals surface area (Å²) in [5.41, 5.74) is -0.411. The number of rotatable bonds is 2. The van der Waals surface area contributed by atoms with Gasteiger partial charge in [0.25, 0.3) is 0 Å². The van der Waals surface area contributed by atoms with Crippen molar-refractivity contribution in [2.75, 3.05) is 0 Å². The average Bonchev–Trinajstić information content (AvgIpc) is 2.15. The molecule has 0 heterocycles. The summed E-state index contributed by atoms with van der Waals surface area (Å²) in [6, 6.07) is 4.25. The molecular weight excluding hydrogens is 192 g/mol. The Morgan fingerprint density at radius 1 is 1.21 bits per heavy atom. The van der Waals surface area contributed by atoms with E-state index in [4.69, 9.17) is 0 Å². The molecule has 0 aliphatic heterocycles. The molecule has 0 bridgehead atoms. The standard InChI is InChI=1S/C9H8BF3O/c10-5-8(14)6-1-3-7(4-2-6)9(11,12)13/h1-4H,5,10H2. The Morgan fingerprint density at radius 3 is 2.07 bits per heavy atom. The maximum atomic E-state index is 12.1. The molecule has 0 aromatic heterocycles. The van der Waals surface area contributed by atoms with E-state index in [1.54, 1.807) is 7.85 Å². The summed E-state index contributed by atoms with van der Waals surface area (Å²) in [5, 5.41) is 0. The van der Waals surface area contributed by atoms with Crippen LogP contribution in [0.4, 0.5) is 13.2 Å². The van der Waals surface area contributed by atoms with E-state index in [2.05, 4.69) is 0 Å². The second-order valence-electron chi connectivity index (χ2n) is 2.85. The third-order valence-electron chi connectivity index (χ3n) is 1.86. The van der Waals surface area contributed by atoms with Crippen molar-refractivity contribution in [2.24, 2.45) is 0 Å². The van der Waals surface area contributed by atoms with E-state index in [0.29, 0.717) is 11.9 Å². The van der Waals surface area contributed by atoms with Gasteiger partial charge >= 0.3 is 6.18 Å². The number of alkyl halides is 3. The highest BCUT2D eigenvalue weighted by molar-refractivity contribution is 6.23. The first-order chi connectivity index (χ1) is 6.45. The summed E-state index contributed by atoms with van der Waals surface area (Å²) in [6.45, 7) is 0. The molecule has 0 spiro atoms. The molecule has 14 heavy (non-hydrogen) atoms. The monoisotopic (exact) mass is 200 g/mol. The quantitative estimate of drug-likeness (QED) is 0.526. The van der Waals surface area contributed by atoms with Crippen molar-refractivity contribution in [3.8, 4) is 0 Å². The molecule has 0 atom stereocenters. The molecule has 1 nitrogen and oxygen atoms in total. The van der Waals surface area contributed by atoms with Crippen molar-refractivity contribution in [3.63, 3.8) is 0 Å². The molecule has 0 aliphatic carbocycles. The van der Waals surface area contributed by atoms with Crippen LogP contribution in [0.3, 0.4) is 0 Å². The molecule has 1 aromatic rings. The fraction of sp³-hybridized carbons (Fsp3) is 0.222. The fourth-order valence-electron chi connectivity index (χ4n) is 1.05. The van der Waals surface area contributed by atoms with Crippen LogP contribution in [-0.2, 0) is 6.18 Å². The number of benzene rings is 1. The Kier molecular flexibility index (Phi) is 2.98. The van der Waals surface area contributed by atoms with E-state index in [-0.39, 0.29) is 5.78 Å². The van der Waals surface area contributed by atoms with Crippen LogP contribution in [-0.4, -0.2) is 13.6 Å². The summed E-state index contributed by atoms with van der Waals surface area (Å²) in [6.07, 6.45) is -4.04. The van der Waals surface area contributed by atoms with Gasteiger partial charge in [-0.3, -0.25) is 4.79 Å². The molecule has 0 radical (unpaired) electrons. The minimum Gasteiger partial charge on any atom is -0.295 e. The highest BCUT2D eigenvalue weighted by Crippen LogP contribution is 2.29. The Labute approximate surface area is 80.3 Å². The maximum absolute atomic E-state index is 12.1. The van der Waals surface area contributed by atoms with Gasteiger partial charge in [0.2, 0.25) is 0 Å². The minimum atomic E-state index is -4.34. The lowest BCUT2D eigenvalue weighted by molar-refractivity contribution is -0.137. The third kappa shape index (κ3) is 2.37. The number of hydrogen-bond donors (Lipinski definition) is 0. The van der Waals surface area contributed by atoms with Crippen LogP contribution in [0, 0.1) is 0 Å². The normalized spacial score (nSPS) is 11.4. The number of carbonyl (C=O) groups excluding carboxylic acids is 1. The number of ketones is 1. The molecule has 1 rings (SSSR count). The average molecular weight is 200 g/mol. The lowest BCUT2D eigenvalue weighted by atomic mass is 9.95. The topological polar surface area (TPSA) is 17.1 Å². The SMILES string of the molecule is BCC(=O)c1ccc(C(F)(F)F)cc1. The van der Waals surface area contributed by atoms with Crippen LogP contribution in [0.15, 0.2) is 24.3 Å². The zero-order valence-electron chi connectivity index (χ0n) is 7.56. The molecule has 0 fully saturated rings. The van der Waals surface area contributed by atoms with Crippen LogP contribution in [0.2, 0.25) is 6.32 Å². The van der Waals surface area contributed by atoms with Crippen LogP contribution >= 0.6 is 0 Å². The first-order valence-electron chi connectivity index (χ1n) is 4.15. The Balaban J connectivity index is 2.95. The first-order valence-corrected chi connectivity index (χ1v) is 4.15. The predicted molar refractivity (Wildman–Crippen MR) is 49.1 cm³/mol. The van der Waals surface area contributed by atoms with Gasteiger partial charge in [-0.15, -0.1) is 0 Å². The van der Waals surface area contributed by atoms with Crippen molar-refractivity contribution in [2.45, 2.75) is 12.5 Å². The predicted octanol–water partition coefficient (Wildman–Crippen LogP) is 1.94. The summed E-state index contributed by atoms with van der Waals surface area (Å²) in [5.74, 6) is -0.154. The molecule has 5 heteroatoms. The van der Waals surface area contributed by atoms with Gasteiger partial charge in [-0.25, -0.2) is 0 Å². The molecule has 0 saturated carbocycles. The smallest absolute Gasteiger partial charge is 0.295 e. The lowest BCUT2D eigenvalue weighted by Crippen LogP contribution is -2.05. The van der Waals surface area contributed by atoms with Crippen molar-refractivity contribution < 1.29 is 18.0 Å². The first kappa shape index (κ1) is 10.8. The molecule has 0 saturated heterocycles. The summed E-state index contributed by atoms with van der Waals surface area (Å²) >= 11 is 0. The van der Waals surface area contributed by atoms with E-state index >= 15 is 0 Å². The molecular formula is C9H8BF3O. The van der Waals surface area contributed by atoms with Crippen LogP contribution in [0.5, 0.6) is 0 Å². The van der Waals surface area contributed by atoms with Crippen LogP contribution < -0.4 is 0 Å². The van der Waals surface area contributed by atoms with E-state index in [0.717, 1.165) is 12.1 Å². The molecule has 0 amide bonds. The lowest BCUT2D eigenvalue weighted by Gasteiger charge is -2.06. The van der Waals surface area contributed by atoms with Crippen molar-refractivity contribution in [1.82, 2.24) is 0 Å². The van der Waals surface area contributed by atoms with Gasteiger partial charge < -0.3 is 0 Å². The van der Waals surface area contributed by atoms with Gasteiger partial charge in [-0.05, 0) is 18.5 Å². The zero-order chi connectivity index (χ0) is 10.8. The molecule has 0 aliphatic rings. The van der Waals surface area contributed by atoms with E-state index in [9.17, 15) is 18.0 Å². The van der Waals surface area contributed by atoms with Crippen molar-refractivity contribution in [3.05, 3.63) is 35.4 Å². The van der Waals surface area contributed by atoms with Gasteiger partial charge in [0.1, 0.15) is 7.85 Å². The highest BCUT2D eigenvalue weighted by atomic mass is 19.4.